The van der Waals surface area contributed by atoms with E-state index in [2.05, 4.69) is 4.74 Å². The Labute approximate surface area is 75.3 Å². The molecule has 1 aromatic rings. The third-order valence-electron chi connectivity index (χ3n) is 1.75. The molecule has 0 saturated heterocycles. The lowest BCUT2D eigenvalue weighted by molar-refractivity contribution is -0.231. The van der Waals surface area contributed by atoms with E-state index in [0.717, 1.165) is 7.11 Å². The Morgan fingerprint density at radius 3 is 2.23 bits per heavy atom. The van der Waals surface area contributed by atoms with Crippen molar-refractivity contribution >= 4 is 0 Å². The predicted molar refractivity (Wildman–Crippen MR) is 45.4 cm³/mol. The minimum Gasteiger partial charge on any atom is -0.674 e. The van der Waals surface area contributed by atoms with Crippen molar-refractivity contribution in [3.8, 4) is 0 Å². The van der Waals surface area contributed by atoms with Gasteiger partial charge in [-0.15, -0.1) is 6.54 Å². The molecule has 4 heteroatoms. The second-order valence-corrected chi connectivity index (χ2v) is 2.59. The van der Waals surface area contributed by atoms with E-state index in [1.165, 1.54) is 24.3 Å². The van der Waals surface area contributed by atoms with Crippen LogP contribution in [0.4, 0.5) is 8.78 Å². The molecule has 0 heterocycles. The van der Waals surface area contributed by atoms with Gasteiger partial charge in [0.15, 0.2) is 0 Å². The summed E-state index contributed by atoms with van der Waals surface area (Å²) in [7, 11) is 0.957. The topological polar surface area (TPSA) is 33.0 Å². The van der Waals surface area contributed by atoms with Gasteiger partial charge in [-0.05, 0) is 0 Å². The van der Waals surface area contributed by atoms with Gasteiger partial charge in [-0.1, -0.05) is 29.8 Å². The van der Waals surface area contributed by atoms with Crippen LogP contribution in [0.3, 0.4) is 0 Å². The molecule has 0 amide bonds. The van der Waals surface area contributed by atoms with Crippen molar-refractivity contribution in [2.75, 3.05) is 7.11 Å². The summed E-state index contributed by atoms with van der Waals surface area (Å²) >= 11 is 0. The highest BCUT2D eigenvalue weighted by molar-refractivity contribution is 5.25. The number of alkyl halides is 2. The SMILES string of the molecule is COC(F)(F)c1ccc(C[NH-])cc1. The summed E-state index contributed by atoms with van der Waals surface area (Å²) in [5, 5.41) is 0. The van der Waals surface area contributed by atoms with Crippen molar-refractivity contribution in [3.63, 3.8) is 0 Å². The van der Waals surface area contributed by atoms with Gasteiger partial charge in [-0.25, -0.2) is 0 Å². The number of hydrogen-bond donors (Lipinski definition) is 0. The first-order valence-corrected chi connectivity index (χ1v) is 3.77. The molecule has 0 bridgehead atoms. The van der Waals surface area contributed by atoms with Crippen LogP contribution in [0.2, 0.25) is 0 Å². The first kappa shape index (κ1) is 10.1. The third kappa shape index (κ3) is 2.23. The van der Waals surface area contributed by atoms with Crippen molar-refractivity contribution in [3.05, 3.63) is 41.1 Å². The molecule has 1 rings (SSSR count). The van der Waals surface area contributed by atoms with E-state index in [1.54, 1.807) is 0 Å². The lowest BCUT2D eigenvalue weighted by Gasteiger charge is -2.14. The maximum atomic E-state index is 12.9. The van der Waals surface area contributed by atoms with Gasteiger partial charge in [0.05, 0.1) is 5.56 Å². The zero-order chi connectivity index (χ0) is 9.90. The molecular weight excluding hydrogens is 176 g/mol. The monoisotopic (exact) mass is 186 g/mol. The Morgan fingerprint density at radius 2 is 1.85 bits per heavy atom. The molecule has 0 unspecified atom stereocenters. The Balaban J connectivity index is 2.92. The summed E-state index contributed by atoms with van der Waals surface area (Å²) in [4.78, 5) is 0. The molecule has 0 spiro atoms. The van der Waals surface area contributed by atoms with Crippen LogP contribution in [-0.2, 0) is 17.4 Å². The maximum absolute atomic E-state index is 12.9. The third-order valence-corrected chi connectivity index (χ3v) is 1.75. The lowest BCUT2D eigenvalue weighted by atomic mass is 10.1. The quantitative estimate of drug-likeness (QED) is 0.714. The standard InChI is InChI=1S/C9H10F2NO/c1-13-9(10,11)8-4-2-7(6-12)3-5-8/h2-5,12H,6H2,1H3/q-1. The van der Waals surface area contributed by atoms with Gasteiger partial charge in [-0.3, -0.25) is 0 Å². The molecule has 2 nitrogen and oxygen atoms in total. The van der Waals surface area contributed by atoms with Crippen LogP contribution in [0.5, 0.6) is 0 Å². The van der Waals surface area contributed by atoms with Gasteiger partial charge in [0.2, 0.25) is 0 Å². The largest absolute Gasteiger partial charge is 0.674 e. The smallest absolute Gasteiger partial charge is 0.383 e. The predicted octanol–water partition coefficient (Wildman–Crippen LogP) is 2.93. The van der Waals surface area contributed by atoms with Crippen molar-refractivity contribution in [1.82, 2.24) is 0 Å². The zero-order valence-corrected chi connectivity index (χ0v) is 7.18. The highest BCUT2D eigenvalue weighted by atomic mass is 19.3. The van der Waals surface area contributed by atoms with E-state index in [1.807, 2.05) is 0 Å². The molecule has 0 saturated carbocycles. The Morgan fingerprint density at radius 1 is 1.31 bits per heavy atom. The average molecular weight is 186 g/mol. The Bertz CT molecular complexity index is 271. The Hall–Kier alpha value is -1.00. The molecule has 0 aliphatic carbocycles. The minimum absolute atomic E-state index is 0.0961. The molecular formula is C9H10F2NO-. The van der Waals surface area contributed by atoms with Gasteiger partial charge < -0.3 is 10.5 Å². The van der Waals surface area contributed by atoms with Crippen LogP contribution < -0.4 is 0 Å². The summed E-state index contributed by atoms with van der Waals surface area (Å²) in [5.74, 6) is 0. The molecule has 13 heavy (non-hydrogen) atoms. The number of halogens is 2. The molecule has 1 aromatic carbocycles. The number of nitrogens with one attached hydrogen (secondary N) is 1. The van der Waals surface area contributed by atoms with Crippen molar-refractivity contribution < 1.29 is 13.5 Å². The first-order chi connectivity index (χ1) is 6.10. The summed E-state index contributed by atoms with van der Waals surface area (Å²) < 4.78 is 29.7. The lowest BCUT2D eigenvalue weighted by Crippen LogP contribution is -2.15. The van der Waals surface area contributed by atoms with Crippen LogP contribution in [0.1, 0.15) is 11.1 Å². The fraction of sp³-hybridized carbons (Fsp3) is 0.333. The molecule has 0 aliphatic heterocycles. The van der Waals surface area contributed by atoms with Crippen LogP contribution in [0.15, 0.2) is 24.3 Å². The Kier molecular flexibility index (Phi) is 2.95. The van der Waals surface area contributed by atoms with E-state index in [4.69, 9.17) is 5.73 Å². The highest BCUT2D eigenvalue weighted by Gasteiger charge is 2.30. The fourth-order valence-electron chi connectivity index (χ4n) is 0.934. The van der Waals surface area contributed by atoms with Crippen LogP contribution in [-0.4, -0.2) is 7.11 Å². The maximum Gasteiger partial charge on any atom is 0.383 e. The van der Waals surface area contributed by atoms with Crippen LogP contribution in [0, 0.1) is 0 Å². The van der Waals surface area contributed by atoms with Crippen molar-refractivity contribution in [2.24, 2.45) is 0 Å². The minimum atomic E-state index is -3.24. The molecule has 0 aromatic heterocycles. The summed E-state index contributed by atoms with van der Waals surface area (Å²) in [6, 6.07) is 5.53. The molecule has 72 valence electrons. The van der Waals surface area contributed by atoms with Crippen LogP contribution in [0.25, 0.3) is 5.73 Å². The summed E-state index contributed by atoms with van der Waals surface area (Å²) in [6.07, 6.45) is -3.24. The summed E-state index contributed by atoms with van der Waals surface area (Å²) in [6.45, 7) is 0.0961. The number of ether oxygens (including phenoxy) is 1. The van der Waals surface area contributed by atoms with Gasteiger partial charge >= 0.3 is 6.11 Å². The number of hydrogen-bond acceptors (Lipinski definition) is 1. The number of benzene rings is 1. The van der Waals surface area contributed by atoms with Crippen molar-refractivity contribution in [1.29, 1.82) is 0 Å². The van der Waals surface area contributed by atoms with Gasteiger partial charge in [0.25, 0.3) is 0 Å². The van der Waals surface area contributed by atoms with E-state index in [9.17, 15) is 8.78 Å². The van der Waals surface area contributed by atoms with Gasteiger partial charge in [-0.2, -0.15) is 8.78 Å². The van der Waals surface area contributed by atoms with Crippen molar-refractivity contribution in [2.45, 2.75) is 12.7 Å². The highest BCUT2D eigenvalue weighted by Crippen LogP contribution is 2.28. The van der Waals surface area contributed by atoms with E-state index in [0.29, 0.717) is 5.56 Å². The molecule has 1 N–H and O–H groups in total. The van der Waals surface area contributed by atoms with Gasteiger partial charge in [0.1, 0.15) is 0 Å². The molecule has 0 fully saturated rings. The average Bonchev–Trinajstić information content (AvgIpc) is 2.18. The van der Waals surface area contributed by atoms with E-state index in [-0.39, 0.29) is 12.1 Å². The molecule has 0 radical (unpaired) electrons. The van der Waals surface area contributed by atoms with Gasteiger partial charge in [0, 0.05) is 7.11 Å². The normalized spacial score (nSPS) is 11.7. The summed E-state index contributed by atoms with van der Waals surface area (Å²) in [5.41, 5.74) is 7.51. The zero-order valence-electron chi connectivity index (χ0n) is 7.18. The van der Waals surface area contributed by atoms with E-state index >= 15 is 0 Å². The number of methoxy groups -OCH3 is 1. The first-order valence-electron chi connectivity index (χ1n) is 3.77. The van der Waals surface area contributed by atoms with Crippen LogP contribution >= 0.6 is 0 Å². The molecule has 0 atom stereocenters. The second-order valence-electron chi connectivity index (χ2n) is 2.59. The van der Waals surface area contributed by atoms with E-state index < -0.39 is 6.11 Å². The molecule has 0 aliphatic rings. The number of rotatable bonds is 3. The second kappa shape index (κ2) is 3.81. The fourth-order valence-corrected chi connectivity index (χ4v) is 0.934.